The van der Waals surface area contributed by atoms with E-state index in [0.29, 0.717) is 25.7 Å². The highest BCUT2D eigenvalue weighted by atomic mass is 16.5. The van der Waals surface area contributed by atoms with Crippen LogP contribution in [0.3, 0.4) is 0 Å². The fourth-order valence-electron chi connectivity index (χ4n) is 2.62. The van der Waals surface area contributed by atoms with Crippen molar-refractivity contribution in [2.24, 2.45) is 11.1 Å². The second kappa shape index (κ2) is 5.46. The summed E-state index contributed by atoms with van der Waals surface area (Å²) in [6.45, 7) is 3.80. The molecule has 0 aromatic carbocycles. The van der Waals surface area contributed by atoms with Crippen molar-refractivity contribution in [1.29, 1.82) is 0 Å². The summed E-state index contributed by atoms with van der Waals surface area (Å²) in [6.07, 6.45) is 5.20. The van der Waals surface area contributed by atoms with Crippen LogP contribution in [0.15, 0.2) is 0 Å². The lowest BCUT2D eigenvalue weighted by molar-refractivity contribution is -0.128. The zero-order valence-electron chi connectivity index (χ0n) is 10.6. The van der Waals surface area contributed by atoms with Crippen LogP contribution in [0, 0.1) is 5.41 Å². The summed E-state index contributed by atoms with van der Waals surface area (Å²) in [5, 5.41) is 0. The van der Waals surface area contributed by atoms with E-state index in [1.807, 2.05) is 6.92 Å². The molecule has 3 unspecified atom stereocenters. The van der Waals surface area contributed by atoms with E-state index in [1.165, 1.54) is 0 Å². The van der Waals surface area contributed by atoms with Crippen LogP contribution in [0.4, 0.5) is 0 Å². The van der Waals surface area contributed by atoms with Crippen LogP contribution in [-0.4, -0.2) is 37.7 Å². The molecule has 4 heteroatoms. The smallest absolute Gasteiger partial charge is 0.142 e. The Labute approximate surface area is 103 Å². The number of carbonyl (C=O) groups excluding carboxylic acids is 1. The monoisotopic (exact) mass is 241 g/mol. The Kier molecular flexibility index (Phi) is 4.17. The van der Waals surface area contributed by atoms with Gasteiger partial charge in [-0.05, 0) is 32.6 Å². The van der Waals surface area contributed by atoms with E-state index in [1.54, 1.807) is 0 Å². The van der Waals surface area contributed by atoms with Crippen LogP contribution in [-0.2, 0) is 14.3 Å². The molecule has 0 aliphatic carbocycles. The molecule has 0 aromatic rings. The van der Waals surface area contributed by atoms with Crippen molar-refractivity contribution in [3.8, 4) is 0 Å². The van der Waals surface area contributed by atoms with Gasteiger partial charge in [0.25, 0.3) is 0 Å². The van der Waals surface area contributed by atoms with Gasteiger partial charge in [0.05, 0.1) is 24.7 Å². The first kappa shape index (κ1) is 13.0. The van der Waals surface area contributed by atoms with Gasteiger partial charge in [-0.2, -0.15) is 0 Å². The topological polar surface area (TPSA) is 61.5 Å². The molecule has 2 fully saturated rings. The molecule has 98 valence electrons. The van der Waals surface area contributed by atoms with Crippen molar-refractivity contribution >= 4 is 5.78 Å². The summed E-state index contributed by atoms with van der Waals surface area (Å²) in [4.78, 5) is 12.2. The number of carbonyl (C=O) groups is 1. The van der Waals surface area contributed by atoms with Crippen molar-refractivity contribution in [3.63, 3.8) is 0 Å². The zero-order chi connectivity index (χ0) is 12.3. The molecule has 2 aliphatic rings. The van der Waals surface area contributed by atoms with E-state index in [4.69, 9.17) is 15.2 Å². The summed E-state index contributed by atoms with van der Waals surface area (Å²) in [7, 11) is 0. The van der Waals surface area contributed by atoms with Gasteiger partial charge in [0.2, 0.25) is 0 Å². The maximum absolute atomic E-state index is 12.2. The highest BCUT2D eigenvalue weighted by Gasteiger charge is 2.43. The summed E-state index contributed by atoms with van der Waals surface area (Å²) in [5.41, 5.74) is 5.48. The lowest BCUT2D eigenvalue weighted by Crippen LogP contribution is -2.44. The third kappa shape index (κ3) is 2.87. The van der Waals surface area contributed by atoms with Crippen molar-refractivity contribution in [2.75, 3.05) is 19.8 Å². The fraction of sp³-hybridized carbons (Fsp3) is 0.923. The van der Waals surface area contributed by atoms with E-state index in [9.17, 15) is 4.79 Å². The minimum atomic E-state index is -0.462. The third-order valence-electron chi connectivity index (χ3n) is 4.11. The van der Waals surface area contributed by atoms with E-state index in [-0.39, 0.29) is 11.8 Å². The van der Waals surface area contributed by atoms with Crippen molar-refractivity contribution in [2.45, 2.75) is 51.2 Å². The highest BCUT2D eigenvalue weighted by Crippen LogP contribution is 2.30. The SMILES string of the molecule is CC1(C(=O)CCCC2CCCO2)COCC1N. The van der Waals surface area contributed by atoms with E-state index >= 15 is 0 Å². The molecule has 2 N–H and O–H groups in total. The minimum absolute atomic E-state index is 0.141. The Morgan fingerprint density at radius 2 is 2.35 bits per heavy atom. The van der Waals surface area contributed by atoms with Gasteiger partial charge in [0.1, 0.15) is 5.78 Å². The van der Waals surface area contributed by atoms with Gasteiger partial charge in [-0.3, -0.25) is 4.79 Å². The summed E-state index contributed by atoms with van der Waals surface area (Å²) in [5.74, 6) is 0.250. The average molecular weight is 241 g/mol. The molecule has 0 aromatic heterocycles. The van der Waals surface area contributed by atoms with E-state index in [0.717, 1.165) is 32.3 Å². The molecule has 3 atom stereocenters. The van der Waals surface area contributed by atoms with Crippen LogP contribution in [0.5, 0.6) is 0 Å². The predicted molar refractivity (Wildman–Crippen MR) is 64.7 cm³/mol. The predicted octanol–water partition coefficient (Wildman–Crippen LogP) is 1.27. The van der Waals surface area contributed by atoms with Gasteiger partial charge in [-0.1, -0.05) is 0 Å². The first-order valence-electron chi connectivity index (χ1n) is 6.61. The maximum atomic E-state index is 12.2. The molecular weight excluding hydrogens is 218 g/mol. The van der Waals surface area contributed by atoms with Crippen molar-refractivity contribution in [1.82, 2.24) is 0 Å². The van der Waals surface area contributed by atoms with Crippen LogP contribution < -0.4 is 5.73 Å². The van der Waals surface area contributed by atoms with Gasteiger partial charge in [-0.15, -0.1) is 0 Å². The number of rotatable bonds is 5. The maximum Gasteiger partial charge on any atom is 0.142 e. The fourth-order valence-corrected chi connectivity index (χ4v) is 2.62. The first-order valence-corrected chi connectivity index (χ1v) is 6.61. The summed E-state index contributed by atoms with van der Waals surface area (Å²) >= 11 is 0. The molecule has 0 radical (unpaired) electrons. The number of hydrogen-bond acceptors (Lipinski definition) is 4. The van der Waals surface area contributed by atoms with Crippen LogP contribution in [0.25, 0.3) is 0 Å². The Morgan fingerprint density at radius 1 is 1.53 bits per heavy atom. The molecule has 2 heterocycles. The quantitative estimate of drug-likeness (QED) is 0.787. The van der Waals surface area contributed by atoms with E-state index in [2.05, 4.69) is 0 Å². The normalized spacial score (nSPS) is 37.5. The molecule has 2 rings (SSSR count). The molecule has 0 saturated carbocycles. The summed E-state index contributed by atoms with van der Waals surface area (Å²) < 4.78 is 10.8. The molecule has 2 saturated heterocycles. The number of Topliss-reactive ketones (excluding diaryl/α,β-unsaturated/α-hetero) is 1. The molecule has 2 aliphatic heterocycles. The zero-order valence-corrected chi connectivity index (χ0v) is 10.6. The van der Waals surface area contributed by atoms with E-state index < -0.39 is 5.41 Å². The second-order valence-electron chi connectivity index (χ2n) is 5.49. The molecule has 0 spiro atoms. The van der Waals surface area contributed by atoms with Gasteiger partial charge in [0, 0.05) is 19.1 Å². The third-order valence-corrected chi connectivity index (χ3v) is 4.11. The Morgan fingerprint density at radius 3 is 2.94 bits per heavy atom. The Balaban J connectivity index is 1.73. The lowest BCUT2D eigenvalue weighted by atomic mass is 9.79. The van der Waals surface area contributed by atoms with Crippen molar-refractivity contribution < 1.29 is 14.3 Å². The highest BCUT2D eigenvalue weighted by molar-refractivity contribution is 5.85. The number of hydrogen-bond donors (Lipinski definition) is 1. The number of ether oxygens (including phenoxy) is 2. The van der Waals surface area contributed by atoms with Crippen LogP contribution >= 0.6 is 0 Å². The molecule has 17 heavy (non-hydrogen) atoms. The number of ketones is 1. The largest absolute Gasteiger partial charge is 0.379 e. The minimum Gasteiger partial charge on any atom is -0.379 e. The Hall–Kier alpha value is -0.450. The molecular formula is C13H23NO3. The lowest BCUT2D eigenvalue weighted by Gasteiger charge is -2.25. The molecule has 0 bridgehead atoms. The van der Waals surface area contributed by atoms with Crippen LogP contribution in [0.2, 0.25) is 0 Å². The van der Waals surface area contributed by atoms with Gasteiger partial charge in [-0.25, -0.2) is 0 Å². The number of nitrogens with two attached hydrogens (primary N) is 1. The Bertz CT molecular complexity index is 276. The van der Waals surface area contributed by atoms with Crippen molar-refractivity contribution in [3.05, 3.63) is 0 Å². The second-order valence-corrected chi connectivity index (χ2v) is 5.49. The van der Waals surface area contributed by atoms with Gasteiger partial charge >= 0.3 is 0 Å². The molecule has 4 nitrogen and oxygen atoms in total. The standard InChI is InChI=1S/C13H23NO3/c1-13(9-16-8-11(13)14)12(15)6-2-4-10-5-3-7-17-10/h10-11H,2-9,14H2,1H3. The first-order chi connectivity index (χ1) is 8.13. The van der Waals surface area contributed by atoms with Gasteiger partial charge in [0.15, 0.2) is 0 Å². The van der Waals surface area contributed by atoms with Gasteiger partial charge < -0.3 is 15.2 Å². The van der Waals surface area contributed by atoms with Crippen LogP contribution in [0.1, 0.15) is 39.0 Å². The summed E-state index contributed by atoms with van der Waals surface area (Å²) in [6, 6.07) is -0.141. The average Bonchev–Trinajstić information content (AvgIpc) is 2.91. The molecule has 0 amide bonds.